The van der Waals surface area contributed by atoms with Crippen LogP contribution in [-0.2, 0) is 20.7 Å². The van der Waals surface area contributed by atoms with Crippen molar-refractivity contribution in [2.75, 3.05) is 11.9 Å². The van der Waals surface area contributed by atoms with Crippen molar-refractivity contribution in [3.05, 3.63) is 102 Å². The molecule has 7 nitrogen and oxygen atoms in total. The van der Waals surface area contributed by atoms with Crippen LogP contribution in [-0.4, -0.2) is 29.5 Å². The van der Waals surface area contributed by atoms with Crippen LogP contribution in [0.2, 0.25) is 0 Å². The highest BCUT2D eigenvalue weighted by molar-refractivity contribution is 7.80. The van der Waals surface area contributed by atoms with Gasteiger partial charge < -0.3 is 20.7 Å². The fourth-order valence-electron chi connectivity index (χ4n) is 3.59. The Bertz CT molecular complexity index is 1200. The lowest BCUT2D eigenvalue weighted by molar-refractivity contribution is -0.145. The fourth-order valence-corrected chi connectivity index (χ4v) is 3.82. The quantitative estimate of drug-likeness (QED) is 0.189. The number of hydrogen-bond donors (Lipinski definition) is 3. The van der Waals surface area contributed by atoms with E-state index in [0.29, 0.717) is 17.9 Å². The Labute approximate surface area is 222 Å². The monoisotopic (exact) mass is 517 g/mol. The van der Waals surface area contributed by atoms with Gasteiger partial charge in [-0.25, -0.2) is 0 Å². The minimum absolute atomic E-state index is 0.0327. The van der Waals surface area contributed by atoms with E-state index in [9.17, 15) is 14.4 Å². The largest absolute Gasteiger partial charge is 0.466 e. The predicted octanol–water partition coefficient (Wildman–Crippen LogP) is 4.95. The molecule has 0 saturated carbocycles. The van der Waals surface area contributed by atoms with Gasteiger partial charge >= 0.3 is 5.97 Å². The van der Waals surface area contributed by atoms with Crippen LogP contribution < -0.4 is 16.0 Å². The van der Waals surface area contributed by atoms with Crippen LogP contribution in [0, 0.1) is 0 Å². The number of aryl methyl sites for hydroxylation is 1. The first-order valence-corrected chi connectivity index (χ1v) is 12.6. The first-order chi connectivity index (χ1) is 17.9. The summed E-state index contributed by atoms with van der Waals surface area (Å²) in [5, 5.41) is 8.50. The van der Waals surface area contributed by atoms with Crippen LogP contribution in [0.15, 0.2) is 84.9 Å². The summed E-state index contributed by atoms with van der Waals surface area (Å²) in [6.45, 7) is 2.23. The van der Waals surface area contributed by atoms with Crippen LogP contribution in [0.5, 0.6) is 0 Å². The molecule has 192 valence electrons. The van der Waals surface area contributed by atoms with Crippen molar-refractivity contribution in [3.8, 4) is 0 Å². The van der Waals surface area contributed by atoms with Gasteiger partial charge in [-0.1, -0.05) is 66.7 Å². The predicted molar refractivity (Wildman–Crippen MR) is 148 cm³/mol. The maximum Gasteiger partial charge on any atom is 0.306 e. The summed E-state index contributed by atoms with van der Waals surface area (Å²) in [7, 11) is 0. The highest BCUT2D eigenvalue weighted by Gasteiger charge is 2.13. The van der Waals surface area contributed by atoms with Crippen molar-refractivity contribution in [1.82, 2.24) is 10.6 Å². The standard InChI is InChI=1S/C29H31N3O4S/c1-21(23-13-6-3-7-14-23)30-28(35)24-15-8-16-25(20-24)31-29(37)32-26(33)17-18-27(34)36-19-9-12-22-10-4-2-5-11-22/h2-8,10-11,13-16,20-21H,9,12,17-19H2,1H3,(H,30,35)(H2,31,32,33,37). The molecular weight excluding hydrogens is 486 g/mol. The summed E-state index contributed by atoms with van der Waals surface area (Å²) in [4.78, 5) is 36.8. The van der Waals surface area contributed by atoms with Gasteiger partial charge in [0.2, 0.25) is 5.91 Å². The number of amides is 2. The minimum Gasteiger partial charge on any atom is -0.466 e. The van der Waals surface area contributed by atoms with E-state index in [2.05, 4.69) is 16.0 Å². The van der Waals surface area contributed by atoms with E-state index >= 15 is 0 Å². The lowest BCUT2D eigenvalue weighted by Gasteiger charge is -2.15. The second-order valence-corrected chi connectivity index (χ2v) is 8.91. The zero-order valence-electron chi connectivity index (χ0n) is 20.7. The number of anilines is 1. The summed E-state index contributed by atoms with van der Waals surface area (Å²) < 4.78 is 5.20. The number of esters is 1. The van der Waals surface area contributed by atoms with Crippen molar-refractivity contribution >= 4 is 40.8 Å². The molecule has 0 heterocycles. The summed E-state index contributed by atoms with van der Waals surface area (Å²) in [5.41, 5.74) is 3.21. The number of nitrogens with one attached hydrogen (secondary N) is 3. The fraction of sp³-hybridized carbons (Fsp3) is 0.241. The van der Waals surface area contributed by atoms with Crippen molar-refractivity contribution in [2.45, 2.75) is 38.6 Å². The van der Waals surface area contributed by atoms with Gasteiger partial charge in [0, 0.05) is 17.7 Å². The molecule has 37 heavy (non-hydrogen) atoms. The number of carbonyl (C=O) groups is 3. The van der Waals surface area contributed by atoms with Crippen LogP contribution in [0.3, 0.4) is 0 Å². The maximum absolute atomic E-state index is 12.7. The van der Waals surface area contributed by atoms with E-state index in [1.807, 2.05) is 67.6 Å². The Balaban J connectivity index is 1.37. The summed E-state index contributed by atoms with van der Waals surface area (Å²) in [6.07, 6.45) is 1.47. The van der Waals surface area contributed by atoms with E-state index in [4.69, 9.17) is 17.0 Å². The van der Waals surface area contributed by atoms with E-state index < -0.39 is 11.9 Å². The minimum atomic E-state index is -0.425. The second kappa shape index (κ2) is 14.5. The Morgan fingerprint density at radius 1 is 0.892 bits per heavy atom. The molecule has 0 spiro atoms. The zero-order chi connectivity index (χ0) is 26.5. The number of benzene rings is 3. The lowest BCUT2D eigenvalue weighted by Crippen LogP contribution is -2.34. The molecule has 0 aromatic heterocycles. The van der Waals surface area contributed by atoms with Gasteiger partial charge in [-0.15, -0.1) is 0 Å². The van der Waals surface area contributed by atoms with Crippen LogP contribution in [0.1, 0.15) is 53.7 Å². The molecule has 2 amide bonds. The van der Waals surface area contributed by atoms with E-state index in [-0.39, 0.29) is 29.9 Å². The second-order valence-electron chi connectivity index (χ2n) is 8.50. The molecule has 0 fully saturated rings. The smallest absolute Gasteiger partial charge is 0.306 e. The van der Waals surface area contributed by atoms with Gasteiger partial charge in [0.05, 0.1) is 19.1 Å². The molecule has 3 aromatic carbocycles. The molecule has 0 bridgehead atoms. The molecule has 1 unspecified atom stereocenters. The third-order valence-electron chi connectivity index (χ3n) is 5.55. The number of carbonyl (C=O) groups excluding carboxylic acids is 3. The molecule has 0 aliphatic rings. The molecule has 3 aromatic rings. The Kier molecular flexibility index (Phi) is 10.8. The van der Waals surface area contributed by atoms with Crippen molar-refractivity contribution in [1.29, 1.82) is 0 Å². The van der Waals surface area contributed by atoms with Crippen molar-refractivity contribution in [3.63, 3.8) is 0 Å². The Morgan fingerprint density at radius 3 is 2.32 bits per heavy atom. The first-order valence-electron chi connectivity index (χ1n) is 12.2. The molecule has 3 N–H and O–H groups in total. The highest BCUT2D eigenvalue weighted by atomic mass is 32.1. The van der Waals surface area contributed by atoms with Gasteiger partial charge in [-0.2, -0.15) is 0 Å². The molecule has 0 saturated heterocycles. The normalized spacial score (nSPS) is 11.2. The third-order valence-corrected chi connectivity index (χ3v) is 5.76. The molecule has 0 radical (unpaired) electrons. The molecule has 0 aliphatic heterocycles. The average molecular weight is 518 g/mol. The topological polar surface area (TPSA) is 96.5 Å². The average Bonchev–Trinajstić information content (AvgIpc) is 2.91. The summed E-state index contributed by atoms with van der Waals surface area (Å²) in [6, 6.07) is 26.3. The number of ether oxygens (including phenoxy) is 1. The molecule has 8 heteroatoms. The third kappa shape index (κ3) is 9.85. The Hall–Kier alpha value is -4.04. The summed E-state index contributed by atoms with van der Waals surface area (Å²) >= 11 is 5.21. The van der Waals surface area contributed by atoms with Crippen molar-refractivity contribution in [2.24, 2.45) is 0 Å². The van der Waals surface area contributed by atoms with E-state index in [0.717, 1.165) is 18.4 Å². The zero-order valence-corrected chi connectivity index (χ0v) is 21.6. The summed E-state index contributed by atoms with van der Waals surface area (Å²) in [5.74, 6) is -1.05. The number of hydrogen-bond acceptors (Lipinski definition) is 5. The van der Waals surface area contributed by atoms with Gasteiger partial charge in [0.25, 0.3) is 5.91 Å². The van der Waals surface area contributed by atoms with Gasteiger partial charge in [-0.3, -0.25) is 14.4 Å². The van der Waals surface area contributed by atoms with Crippen molar-refractivity contribution < 1.29 is 19.1 Å². The van der Waals surface area contributed by atoms with Gasteiger partial charge in [0.15, 0.2) is 5.11 Å². The van der Waals surface area contributed by atoms with Crippen LogP contribution in [0.4, 0.5) is 5.69 Å². The van der Waals surface area contributed by atoms with E-state index in [1.54, 1.807) is 24.3 Å². The number of rotatable bonds is 11. The lowest BCUT2D eigenvalue weighted by atomic mass is 10.1. The molecular formula is C29H31N3O4S. The van der Waals surface area contributed by atoms with E-state index in [1.165, 1.54) is 5.56 Å². The van der Waals surface area contributed by atoms with Gasteiger partial charge in [0.1, 0.15) is 0 Å². The van der Waals surface area contributed by atoms with Gasteiger partial charge in [-0.05, 0) is 61.3 Å². The molecule has 3 rings (SSSR count). The first kappa shape index (κ1) is 27.5. The molecule has 0 aliphatic carbocycles. The highest BCUT2D eigenvalue weighted by Crippen LogP contribution is 2.15. The molecule has 1 atom stereocenters. The van der Waals surface area contributed by atoms with Crippen LogP contribution in [0.25, 0.3) is 0 Å². The number of thiocarbonyl (C=S) groups is 1. The maximum atomic E-state index is 12.7. The SMILES string of the molecule is CC(NC(=O)c1cccc(NC(=S)NC(=O)CCC(=O)OCCCc2ccccc2)c1)c1ccccc1. The Morgan fingerprint density at radius 2 is 1.59 bits per heavy atom. The van der Waals surface area contributed by atoms with Crippen LogP contribution >= 0.6 is 12.2 Å².